The Labute approximate surface area is 141 Å². The third-order valence-electron chi connectivity index (χ3n) is 3.31. The normalized spacial score (nSPS) is 10.7. The Morgan fingerprint density at radius 3 is 2.96 bits per heavy atom. The van der Waals surface area contributed by atoms with Crippen LogP contribution in [0.4, 0.5) is 5.82 Å². The monoisotopic (exact) mass is 344 g/mol. The molecule has 0 aromatic carbocycles. The third-order valence-corrected chi connectivity index (χ3v) is 4.20. The molecule has 0 fully saturated rings. The van der Waals surface area contributed by atoms with Crippen LogP contribution in [0.25, 0.3) is 10.6 Å². The SMILES string of the molecule is Cc1cc(NC(=O)CCCn2nc(-c3cccs3)ccc2=O)no1. The Bertz CT molecular complexity index is 883. The second kappa shape index (κ2) is 7.22. The molecule has 0 bridgehead atoms. The first-order valence-electron chi connectivity index (χ1n) is 7.47. The van der Waals surface area contributed by atoms with Gasteiger partial charge < -0.3 is 9.84 Å². The standard InChI is InChI=1S/C16H16N4O3S/c1-11-10-14(19-23-11)17-15(21)5-2-8-20-16(22)7-6-12(18-20)13-4-3-9-24-13/h3-4,6-7,9-10H,2,5,8H2,1H3,(H,17,19,21). The summed E-state index contributed by atoms with van der Waals surface area (Å²) < 4.78 is 6.28. The van der Waals surface area contributed by atoms with E-state index in [2.05, 4.69) is 15.6 Å². The van der Waals surface area contributed by atoms with E-state index in [0.717, 1.165) is 10.6 Å². The van der Waals surface area contributed by atoms with Gasteiger partial charge in [0.2, 0.25) is 5.91 Å². The zero-order valence-corrected chi connectivity index (χ0v) is 13.9. The summed E-state index contributed by atoms with van der Waals surface area (Å²) in [5.41, 5.74) is 0.579. The van der Waals surface area contributed by atoms with Crippen LogP contribution in [0.3, 0.4) is 0 Å². The molecule has 1 amide bonds. The van der Waals surface area contributed by atoms with Gasteiger partial charge in [-0.3, -0.25) is 9.59 Å². The molecule has 0 aliphatic rings. The van der Waals surface area contributed by atoms with E-state index in [1.165, 1.54) is 10.7 Å². The van der Waals surface area contributed by atoms with Gasteiger partial charge in [0.25, 0.3) is 5.56 Å². The molecule has 0 spiro atoms. The fourth-order valence-electron chi connectivity index (χ4n) is 2.18. The van der Waals surface area contributed by atoms with Gasteiger partial charge in [0.15, 0.2) is 5.82 Å². The maximum absolute atomic E-state index is 11.9. The van der Waals surface area contributed by atoms with Crippen molar-refractivity contribution in [3.63, 3.8) is 0 Å². The van der Waals surface area contributed by atoms with Crippen LogP contribution in [-0.2, 0) is 11.3 Å². The van der Waals surface area contributed by atoms with E-state index >= 15 is 0 Å². The molecule has 0 atom stereocenters. The average Bonchev–Trinajstić information content (AvgIpc) is 3.21. The van der Waals surface area contributed by atoms with Crippen LogP contribution < -0.4 is 10.9 Å². The van der Waals surface area contributed by atoms with Crippen LogP contribution in [0.2, 0.25) is 0 Å². The molecule has 124 valence electrons. The summed E-state index contributed by atoms with van der Waals surface area (Å²) in [7, 11) is 0. The molecule has 0 saturated heterocycles. The Morgan fingerprint density at radius 2 is 2.25 bits per heavy atom. The van der Waals surface area contributed by atoms with Crippen LogP contribution in [0, 0.1) is 6.92 Å². The summed E-state index contributed by atoms with van der Waals surface area (Å²) in [5.74, 6) is 0.852. The lowest BCUT2D eigenvalue weighted by Gasteiger charge is -2.06. The van der Waals surface area contributed by atoms with Crippen LogP contribution in [0.15, 0.2) is 45.0 Å². The Morgan fingerprint density at radius 1 is 1.38 bits per heavy atom. The lowest BCUT2D eigenvalue weighted by atomic mass is 10.3. The highest BCUT2D eigenvalue weighted by Gasteiger charge is 2.08. The molecule has 7 nitrogen and oxygen atoms in total. The number of anilines is 1. The number of aryl methyl sites for hydroxylation is 2. The van der Waals surface area contributed by atoms with Crippen molar-refractivity contribution in [1.29, 1.82) is 0 Å². The molecule has 3 rings (SSSR count). The fraction of sp³-hybridized carbons (Fsp3) is 0.250. The number of rotatable bonds is 6. The predicted molar refractivity (Wildman–Crippen MR) is 90.9 cm³/mol. The summed E-state index contributed by atoms with van der Waals surface area (Å²) in [6.07, 6.45) is 0.771. The van der Waals surface area contributed by atoms with E-state index in [9.17, 15) is 9.59 Å². The number of thiophene rings is 1. The summed E-state index contributed by atoms with van der Waals surface area (Å²) in [4.78, 5) is 24.7. The summed E-state index contributed by atoms with van der Waals surface area (Å²) in [5, 5.41) is 12.7. The van der Waals surface area contributed by atoms with Crippen LogP contribution in [0.1, 0.15) is 18.6 Å². The van der Waals surface area contributed by atoms with Crippen molar-refractivity contribution in [3.8, 4) is 10.6 Å². The molecule has 24 heavy (non-hydrogen) atoms. The smallest absolute Gasteiger partial charge is 0.266 e. The minimum atomic E-state index is -0.178. The number of carbonyl (C=O) groups excluding carboxylic acids is 1. The first kappa shape index (κ1) is 16.1. The number of aromatic nitrogens is 3. The summed E-state index contributed by atoms with van der Waals surface area (Å²) >= 11 is 1.56. The number of hydrogen-bond donors (Lipinski definition) is 1. The van der Waals surface area contributed by atoms with Crippen molar-refractivity contribution in [3.05, 3.63) is 51.8 Å². The van der Waals surface area contributed by atoms with E-state index in [1.54, 1.807) is 30.4 Å². The molecule has 3 heterocycles. The van der Waals surface area contributed by atoms with Gasteiger partial charge in [-0.25, -0.2) is 4.68 Å². The minimum absolute atomic E-state index is 0.175. The highest BCUT2D eigenvalue weighted by molar-refractivity contribution is 7.13. The first-order valence-corrected chi connectivity index (χ1v) is 8.35. The van der Waals surface area contributed by atoms with Gasteiger partial charge in [0, 0.05) is 25.1 Å². The number of nitrogens with zero attached hydrogens (tertiary/aromatic N) is 3. The van der Waals surface area contributed by atoms with Crippen LogP contribution in [0.5, 0.6) is 0 Å². The zero-order chi connectivity index (χ0) is 16.9. The molecule has 0 unspecified atom stereocenters. The lowest BCUT2D eigenvalue weighted by molar-refractivity contribution is -0.116. The van der Waals surface area contributed by atoms with Gasteiger partial charge in [-0.15, -0.1) is 11.3 Å². The number of hydrogen-bond acceptors (Lipinski definition) is 6. The van der Waals surface area contributed by atoms with Gasteiger partial charge in [-0.2, -0.15) is 5.10 Å². The largest absolute Gasteiger partial charge is 0.360 e. The third kappa shape index (κ3) is 3.96. The fourth-order valence-corrected chi connectivity index (χ4v) is 2.88. The van der Waals surface area contributed by atoms with Crippen molar-refractivity contribution in [2.75, 3.05) is 5.32 Å². The molecule has 0 saturated carbocycles. The Balaban J connectivity index is 1.57. The maximum atomic E-state index is 11.9. The lowest BCUT2D eigenvalue weighted by Crippen LogP contribution is -2.23. The van der Waals surface area contributed by atoms with E-state index in [1.807, 2.05) is 17.5 Å². The van der Waals surface area contributed by atoms with E-state index in [4.69, 9.17) is 4.52 Å². The highest BCUT2D eigenvalue weighted by atomic mass is 32.1. The van der Waals surface area contributed by atoms with Gasteiger partial charge in [0.05, 0.1) is 4.88 Å². The second-order valence-electron chi connectivity index (χ2n) is 5.23. The molecule has 3 aromatic rings. The summed E-state index contributed by atoms with van der Waals surface area (Å²) in [6, 6.07) is 8.75. The summed E-state index contributed by atoms with van der Waals surface area (Å²) in [6.45, 7) is 2.13. The van der Waals surface area contributed by atoms with Gasteiger partial charge >= 0.3 is 0 Å². The van der Waals surface area contributed by atoms with Crippen molar-refractivity contribution >= 4 is 23.1 Å². The van der Waals surface area contributed by atoms with E-state index in [0.29, 0.717) is 24.5 Å². The van der Waals surface area contributed by atoms with E-state index < -0.39 is 0 Å². The van der Waals surface area contributed by atoms with Gasteiger partial charge in [-0.1, -0.05) is 11.2 Å². The average molecular weight is 344 g/mol. The quantitative estimate of drug-likeness (QED) is 0.742. The molecule has 0 aliphatic carbocycles. The molecule has 0 radical (unpaired) electrons. The Kier molecular flexibility index (Phi) is 4.85. The number of amides is 1. The van der Waals surface area contributed by atoms with E-state index in [-0.39, 0.29) is 17.9 Å². The highest BCUT2D eigenvalue weighted by Crippen LogP contribution is 2.21. The van der Waals surface area contributed by atoms with Gasteiger partial charge in [0.1, 0.15) is 11.5 Å². The molecule has 8 heteroatoms. The minimum Gasteiger partial charge on any atom is -0.360 e. The zero-order valence-electron chi connectivity index (χ0n) is 13.1. The number of carbonyl (C=O) groups is 1. The van der Waals surface area contributed by atoms with Gasteiger partial charge in [-0.05, 0) is 30.9 Å². The predicted octanol–water partition coefficient (Wildman–Crippen LogP) is 2.69. The molecule has 0 aliphatic heterocycles. The van der Waals surface area contributed by atoms with Crippen LogP contribution in [-0.4, -0.2) is 20.8 Å². The molecule has 1 N–H and O–H groups in total. The van der Waals surface area contributed by atoms with Crippen LogP contribution >= 0.6 is 11.3 Å². The first-order chi connectivity index (χ1) is 11.6. The maximum Gasteiger partial charge on any atom is 0.266 e. The topological polar surface area (TPSA) is 90.0 Å². The van der Waals surface area contributed by atoms with Crippen molar-refractivity contribution in [2.24, 2.45) is 0 Å². The Hall–Kier alpha value is -2.74. The number of nitrogens with one attached hydrogen (secondary N) is 1. The van der Waals surface area contributed by atoms with Crippen molar-refractivity contribution in [1.82, 2.24) is 14.9 Å². The molecule has 3 aromatic heterocycles. The van der Waals surface area contributed by atoms with Crippen molar-refractivity contribution in [2.45, 2.75) is 26.3 Å². The van der Waals surface area contributed by atoms with Crippen molar-refractivity contribution < 1.29 is 9.32 Å². The molecular weight excluding hydrogens is 328 g/mol. The second-order valence-corrected chi connectivity index (χ2v) is 6.18. The molecular formula is C16H16N4O3S.